The summed E-state index contributed by atoms with van der Waals surface area (Å²) in [5.74, 6) is 2.76. The summed E-state index contributed by atoms with van der Waals surface area (Å²) in [5.41, 5.74) is 1.23. The molecule has 18 heavy (non-hydrogen) atoms. The second-order valence-electron chi connectivity index (χ2n) is 6.89. The fraction of sp³-hybridized carbons (Fsp3) is 0.812. The minimum atomic E-state index is 0.336. The Bertz CT molecular complexity index is 387. The van der Waals surface area contributed by atoms with E-state index in [1.807, 2.05) is 6.08 Å². The molecule has 5 unspecified atom stereocenters. The van der Waals surface area contributed by atoms with Gasteiger partial charge in [-0.05, 0) is 50.4 Å². The van der Waals surface area contributed by atoms with Crippen LogP contribution in [0.3, 0.4) is 0 Å². The molecule has 0 N–H and O–H groups in total. The number of allylic oxidation sites excluding steroid dienone is 2. The van der Waals surface area contributed by atoms with Gasteiger partial charge < -0.3 is 4.90 Å². The molecule has 0 aromatic carbocycles. The molecule has 0 aromatic heterocycles. The lowest BCUT2D eigenvalue weighted by Gasteiger charge is -2.55. The standard InChI is InChI=1S/C16H25NO/c1-10-4-5-15-13(6-10)7-11(2)16-9-14(18)8-12(3)17(15)16/h8,10-11,13,15-16H,4-7,9H2,1-3H3. The zero-order valence-electron chi connectivity index (χ0n) is 11.9. The number of rotatable bonds is 0. The summed E-state index contributed by atoms with van der Waals surface area (Å²) in [6.07, 6.45) is 8.03. The molecule has 2 fully saturated rings. The van der Waals surface area contributed by atoms with Crippen LogP contribution < -0.4 is 0 Å². The van der Waals surface area contributed by atoms with Crippen LogP contribution in [-0.2, 0) is 4.79 Å². The first-order valence-electron chi connectivity index (χ1n) is 7.55. The van der Waals surface area contributed by atoms with Gasteiger partial charge in [0.25, 0.3) is 0 Å². The minimum absolute atomic E-state index is 0.336. The highest BCUT2D eigenvalue weighted by Gasteiger charge is 2.44. The number of fused-ring (bicyclic) bond motifs is 3. The van der Waals surface area contributed by atoms with Gasteiger partial charge in [0, 0.05) is 30.3 Å². The van der Waals surface area contributed by atoms with Gasteiger partial charge in [0.2, 0.25) is 0 Å². The predicted molar refractivity (Wildman–Crippen MR) is 73.1 cm³/mol. The summed E-state index contributed by atoms with van der Waals surface area (Å²) in [5, 5.41) is 0. The van der Waals surface area contributed by atoms with Gasteiger partial charge in [-0.25, -0.2) is 0 Å². The SMILES string of the molecule is CC1=CC(=O)CC2C(C)CC3CC(C)CCC3N12. The smallest absolute Gasteiger partial charge is 0.159 e. The Morgan fingerprint density at radius 2 is 1.94 bits per heavy atom. The third kappa shape index (κ3) is 1.90. The Morgan fingerprint density at radius 1 is 1.17 bits per heavy atom. The van der Waals surface area contributed by atoms with Crippen LogP contribution >= 0.6 is 0 Å². The Hall–Kier alpha value is -0.790. The predicted octanol–water partition coefficient (Wildman–Crippen LogP) is 3.38. The maximum Gasteiger partial charge on any atom is 0.159 e. The summed E-state index contributed by atoms with van der Waals surface area (Å²) >= 11 is 0. The molecule has 1 aliphatic carbocycles. The first-order valence-corrected chi connectivity index (χ1v) is 7.55. The zero-order valence-corrected chi connectivity index (χ0v) is 11.9. The van der Waals surface area contributed by atoms with Gasteiger partial charge in [0.15, 0.2) is 5.78 Å². The molecular weight excluding hydrogens is 222 g/mol. The monoisotopic (exact) mass is 247 g/mol. The zero-order chi connectivity index (χ0) is 12.9. The molecule has 0 aromatic rings. The molecule has 2 nitrogen and oxygen atoms in total. The van der Waals surface area contributed by atoms with E-state index in [-0.39, 0.29) is 0 Å². The third-order valence-electron chi connectivity index (χ3n) is 5.44. The number of carbonyl (C=O) groups is 1. The van der Waals surface area contributed by atoms with Crippen molar-refractivity contribution >= 4 is 5.78 Å². The molecule has 1 saturated carbocycles. The lowest BCUT2D eigenvalue weighted by atomic mass is 9.68. The second kappa shape index (κ2) is 4.40. The maximum atomic E-state index is 11.8. The average molecular weight is 247 g/mol. The van der Waals surface area contributed by atoms with E-state index in [1.54, 1.807) is 0 Å². The van der Waals surface area contributed by atoms with Crippen molar-refractivity contribution in [2.75, 3.05) is 0 Å². The van der Waals surface area contributed by atoms with E-state index in [0.717, 1.165) is 18.3 Å². The quantitative estimate of drug-likeness (QED) is 0.654. The van der Waals surface area contributed by atoms with Crippen LogP contribution in [0.25, 0.3) is 0 Å². The maximum absolute atomic E-state index is 11.8. The number of piperidine rings is 1. The highest BCUT2D eigenvalue weighted by atomic mass is 16.1. The molecule has 5 atom stereocenters. The van der Waals surface area contributed by atoms with Gasteiger partial charge in [-0.3, -0.25) is 4.79 Å². The van der Waals surface area contributed by atoms with Gasteiger partial charge in [0.05, 0.1) is 0 Å². The highest BCUT2D eigenvalue weighted by Crippen LogP contribution is 2.45. The second-order valence-corrected chi connectivity index (χ2v) is 6.89. The van der Waals surface area contributed by atoms with Gasteiger partial charge in [-0.1, -0.05) is 13.8 Å². The van der Waals surface area contributed by atoms with Crippen molar-refractivity contribution in [2.24, 2.45) is 17.8 Å². The molecule has 3 aliphatic rings. The van der Waals surface area contributed by atoms with Crippen molar-refractivity contribution in [3.63, 3.8) is 0 Å². The summed E-state index contributed by atoms with van der Waals surface area (Å²) < 4.78 is 0. The summed E-state index contributed by atoms with van der Waals surface area (Å²) in [7, 11) is 0. The lowest BCUT2D eigenvalue weighted by Crippen LogP contribution is -2.57. The van der Waals surface area contributed by atoms with E-state index in [0.29, 0.717) is 23.8 Å². The molecular formula is C16H25NO. The Kier molecular flexibility index (Phi) is 2.99. The lowest BCUT2D eigenvalue weighted by molar-refractivity contribution is -0.119. The molecule has 100 valence electrons. The Morgan fingerprint density at radius 3 is 2.72 bits per heavy atom. The molecule has 1 saturated heterocycles. The van der Waals surface area contributed by atoms with Gasteiger partial charge in [0.1, 0.15) is 0 Å². The molecule has 2 heterocycles. The normalized spacial score (nSPS) is 44.2. The topological polar surface area (TPSA) is 20.3 Å². The van der Waals surface area contributed by atoms with E-state index < -0.39 is 0 Å². The minimum Gasteiger partial charge on any atom is -0.368 e. The van der Waals surface area contributed by atoms with Crippen LogP contribution in [0.4, 0.5) is 0 Å². The molecule has 0 spiro atoms. The third-order valence-corrected chi connectivity index (χ3v) is 5.44. The van der Waals surface area contributed by atoms with E-state index in [1.165, 1.54) is 31.4 Å². The summed E-state index contributed by atoms with van der Waals surface area (Å²) in [6, 6.07) is 1.20. The van der Waals surface area contributed by atoms with Crippen molar-refractivity contribution in [1.29, 1.82) is 0 Å². The van der Waals surface area contributed by atoms with E-state index in [2.05, 4.69) is 25.7 Å². The summed E-state index contributed by atoms with van der Waals surface area (Å²) in [4.78, 5) is 14.4. The van der Waals surface area contributed by atoms with Crippen LogP contribution in [0, 0.1) is 17.8 Å². The van der Waals surface area contributed by atoms with Crippen molar-refractivity contribution in [3.05, 3.63) is 11.8 Å². The van der Waals surface area contributed by atoms with E-state index in [4.69, 9.17) is 0 Å². The van der Waals surface area contributed by atoms with Crippen LogP contribution in [0.2, 0.25) is 0 Å². The van der Waals surface area contributed by atoms with Crippen molar-refractivity contribution in [2.45, 2.75) is 65.0 Å². The fourth-order valence-electron chi connectivity index (χ4n) is 4.65. The van der Waals surface area contributed by atoms with Crippen molar-refractivity contribution < 1.29 is 4.79 Å². The molecule has 0 amide bonds. The largest absolute Gasteiger partial charge is 0.368 e. The van der Waals surface area contributed by atoms with Crippen LogP contribution in [0.5, 0.6) is 0 Å². The number of hydrogen-bond donors (Lipinski definition) is 0. The first-order chi connectivity index (χ1) is 8.56. The highest BCUT2D eigenvalue weighted by molar-refractivity contribution is 5.91. The molecule has 0 radical (unpaired) electrons. The van der Waals surface area contributed by atoms with Crippen LogP contribution in [0.1, 0.15) is 52.9 Å². The Balaban J connectivity index is 1.90. The van der Waals surface area contributed by atoms with Gasteiger partial charge >= 0.3 is 0 Å². The van der Waals surface area contributed by atoms with Crippen molar-refractivity contribution in [3.8, 4) is 0 Å². The van der Waals surface area contributed by atoms with Crippen molar-refractivity contribution in [1.82, 2.24) is 4.90 Å². The molecule has 2 aliphatic heterocycles. The number of hydrogen-bond acceptors (Lipinski definition) is 2. The van der Waals surface area contributed by atoms with Gasteiger partial charge in [-0.2, -0.15) is 0 Å². The molecule has 3 rings (SSSR count). The van der Waals surface area contributed by atoms with Gasteiger partial charge in [-0.15, -0.1) is 0 Å². The number of carbonyl (C=O) groups excluding carboxylic acids is 1. The van der Waals surface area contributed by atoms with E-state index >= 15 is 0 Å². The number of ketones is 1. The van der Waals surface area contributed by atoms with Crippen LogP contribution in [-0.4, -0.2) is 22.8 Å². The fourth-order valence-corrected chi connectivity index (χ4v) is 4.65. The van der Waals surface area contributed by atoms with E-state index in [9.17, 15) is 4.79 Å². The average Bonchev–Trinajstić information content (AvgIpc) is 2.29. The number of nitrogens with zero attached hydrogens (tertiary/aromatic N) is 1. The first kappa shape index (κ1) is 12.3. The Labute approximate surface area is 110 Å². The summed E-state index contributed by atoms with van der Waals surface area (Å²) in [6.45, 7) is 6.88. The van der Waals surface area contributed by atoms with Crippen LogP contribution in [0.15, 0.2) is 11.8 Å². The molecule has 2 heteroatoms. The molecule has 0 bridgehead atoms.